The van der Waals surface area contributed by atoms with Crippen LogP contribution in [0.4, 0.5) is 18.0 Å². The first-order valence-corrected chi connectivity index (χ1v) is 6.63. The normalized spacial score (nSPS) is 12.8. The highest BCUT2D eigenvalue weighted by molar-refractivity contribution is 8.00. The third-order valence-corrected chi connectivity index (χ3v) is 2.85. The molecule has 0 radical (unpaired) electrons. The number of rotatable bonds is 8. The molecular weight excluding hydrogens is 285 g/mol. The van der Waals surface area contributed by atoms with Gasteiger partial charge in [-0.25, -0.2) is 4.79 Å². The largest absolute Gasteiger partial charge is 0.481 e. The van der Waals surface area contributed by atoms with Crippen LogP contribution in [0.5, 0.6) is 0 Å². The number of hydrogen-bond acceptors (Lipinski definition) is 3. The average Bonchev–Trinajstić information content (AvgIpc) is 2.28. The van der Waals surface area contributed by atoms with Crippen LogP contribution < -0.4 is 10.6 Å². The number of carboxylic acids is 1. The van der Waals surface area contributed by atoms with Crippen molar-refractivity contribution >= 4 is 23.8 Å². The van der Waals surface area contributed by atoms with E-state index in [1.54, 1.807) is 6.92 Å². The average molecular weight is 302 g/mol. The molecule has 0 aromatic heterocycles. The van der Waals surface area contributed by atoms with Crippen LogP contribution in [0.15, 0.2) is 0 Å². The van der Waals surface area contributed by atoms with Crippen molar-refractivity contribution in [2.75, 3.05) is 18.8 Å². The van der Waals surface area contributed by atoms with E-state index in [0.29, 0.717) is 6.42 Å². The van der Waals surface area contributed by atoms with Crippen LogP contribution in [0.3, 0.4) is 0 Å². The summed E-state index contributed by atoms with van der Waals surface area (Å²) in [4.78, 5) is 21.5. The van der Waals surface area contributed by atoms with Gasteiger partial charge in [-0.05, 0) is 24.1 Å². The first kappa shape index (κ1) is 17.9. The SMILES string of the molecule is CC(CCC(=O)O)CNC(=O)NCCSC(F)(F)F. The maximum Gasteiger partial charge on any atom is 0.441 e. The Morgan fingerprint density at radius 3 is 2.47 bits per heavy atom. The molecule has 0 aliphatic rings. The summed E-state index contributed by atoms with van der Waals surface area (Å²) in [5.41, 5.74) is -4.29. The van der Waals surface area contributed by atoms with E-state index in [2.05, 4.69) is 10.6 Å². The fourth-order valence-corrected chi connectivity index (χ4v) is 1.57. The standard InChI is InChI=1S/C10H17F3N2O3S/c1-7(2-3-8(16)17)6-15-9(18)14-4-5-19-10(11,12)13/h7H,2-6H2,1H3,(H,16,17)(H2,14,15,18). The summed E-state index contributed by atoms with van der Waals surface area (Å²) in [6.07, 6.45) is 0.451. The molecule has 0 saturated carbocycles. The second-order valence-electron chi connectivity index (χ2n) is 3.97. The van der Waals surface area contributed by atoms with Crippen LogP contribution in [-0.4, -0.2) is 41.5 Å². The molecule has 5 nitrogen and oxygen atoms in total. The predicted octanol–water partition coefficient (Wildman–Crippen LogP) is 2.04. The van der Waals surface area contributed by atoms with Crippen LogP contribution in [-0.2, 0) is 4.79 Å². The molecule has 0 aromatic carbocycles. The van der Waals surface area contributed by atoms with Gasteiger partial charge in [0.05, 0.1) is 0 Å². The van der Waals surface area contributed by atoms with Gasteiger partial charge in [0, 0.05) is 25.3 Å². The highest BCUT2D eigenvalue weighted by Gasteiger charge is 2.27. The van der Waals surface area contributed by atoms with E-state index >= 15 is 0 Å². The van der Waals surface area contributed by atoms with E-state index in [1.165, 1.54) is 0 Å². The molecular formula is C10H17F3N2O3S. The van der Waals surface area contributed by atoms with Gasteiger partial charge >= 0.3 is 17.5 Å². The van der Waals surface area contributed by atoms with Gasteiger partial charge in [0.2, 0.25) is 0 Å². The summed E-state index contributed by atoms with van der Waals surface area (Å²) < 4.78 is 35.3. The highest BCUT2D eigenvalue weighted by atomic mass is 32.2. The molecule has 0 rings (SSSR count). The number of hydrogen-bond donors (Lipinski definition) is 3. The summed E-state index contributed by atoms with van der Waals surface area (Å²) in [6, 6.07) is -0.551. The van der Waals surface area contributed by atoms with E-state index in [-0.39, 0.29) is 42.9 Å². The molecule has 0 spiro atoms. The van der Waals surface area contributed by atoms with Crippen molar-refractivity contribution < 1.29 is 27.9 Å². The summed E-state index contributed by atoms with van der Waals surface area (Å²) in [6.45, 7) is 1.98. The number of carbonyl (C=O) groups is 2. The van der Waals surface area contributed by atoms with Gasteiger partial charge in [-0.15, -0.1) is 0 Å². The quantitative estimate of drug-likeness (QED) is 0.600. The molecule has 19 heavy (non-hydrogen) atoms. The molecule has 0 heterocycles. The number of thioether (sulfide) groups is 1. The van der Waals surface area contributed by atoms with E-state index in [4.69, 9.17) is 5.11 Å². The molecule has 0 fully saturated rings. The Bertz CT molecular complexity index is 300. The van der Waals surface area contributed by atoms with Gasteiger partial charge in [-0.3, -0.25) is 4.79 Å². The minimum atomic E-state index is -4.29. The van der Waals surface area contributed by atoms with Gasteiger partial charge < -0.3 is 15.7 Å². The molecule has 0 aromatic rings. The maximum absolute atomic E-state index is 11.8. The van der Waals surface area contributed by atoms with Crippen molar-refractivity contribution in [2.45, 2.75) is 25.3 Å². The second kappa shape index (κ2) is 8.89. The lowest BCUT2D eigenvalue weighted by molar-refractivity contribution is -0.137. The summed E-state index contributed by atoms with van der Waals surface area (Å²) in [7, 11) is 0. The Morgan fingerprint density at radius 1 is 1.32 bits per heavy atom. The highest BCUT2D eigenvalue weighted by Crippen LogP contribution is 2.29. The van der Waals surface area contributed by atoms with Gasteiger partial charge in [0.25, 0.3) is 0 Å². The molecule has 1 atom stereocenters. The third-order valence-electron chi connectivity index (χ3n) is 2.12. The number of carboxylic acid groups (broad SMARTS) is 1. The Kier molecular flexibility index (Phi) is 8.37. The number of nitrogens with one attached hydrogen (secondary N) is 2. The van der Waals surface area contributed by atoms with E-state index in [9.17, 15) is 22.8 Å². The zero-order valence-corrected chi connectivity index (χ0v) is 11.2. The minimum Gasteiger partial charge on any atom is -0.481 e. The zero-order valence-electron chi connectivity index (χ0n) is 10.4. The van der Waals surface area contributed by atoms with Crippen molar-refractivity contribution in [2.24, 2.45) is 5.92 Å². The first-order valence-electron chi connectivity index (χ1n) is 5.65. The van der Waals surface area contributed by atoms with Crippen molar-refractivity contribution in [1.82, 2.24) is 10.6 Å². The fraction of sp³-hybridized carbons (Fsp3) is 0.800. The van der Waals surface area contributed by atoms with E-state index in [0.717, 1.165) is 0 Å². The number of aliphatic carboxylic acids is 1. The molecule has 1 unspecified atom stereocenters. The number of halogens is 3. The van der Waals surface area contributed by atoms with Crippen LogP contribution in [0.2, 0.25) is 0 Å². The monoisotopic (exact) mass is 302 g/mol. The van der Waals surface area contributed by atoms with Gasteiger partial charge in [-0.1, -0.05) is 6.92 Å². The van der Waals surface area contributed by atoms with Crippen LogP contribution in [0.1, 0.15) is 19.8 Å². The Morgan fingerprint density at radius 2 is 1.95 bits per heavy atom. The first-order chi connectivity index (χ1) is 8.70. The van der Waals surface area contributed by atoms with Crippen LogP contribution >= 0.6 is 11.8 Å². The minimum absolute atomic E-state index is 0.00796. The maximum atomic E-state index is 11.8. The molecule has 0 bridgehead atoms. The second-order valence-corrected chi connectivity index (χ2v) is 5.13. The Balaban J connectivity index is 3.56. The fourth-order valence-electron chi connectivity index (χ4n) is 1.13. The molecule has 0 aliphatic carbocycles. The third kappa shape index (κ3) is 13.1. The number of alkyl halides is 3. The molecule has 3 N–H and O–H groups in total. The van der Waals surface area contributed by atoms with Crippen LogP contribution in [0.25, 0.3) is 0 Å². The lowest BCUT2D eigenvalue weighted by Gasteiger charge is -2.12. The topological polar surface area (TPSA) is 78.4 Å². The van der Waals surface area contributed by atoms with Gasteiger partial charge in [0.15, 0.2) is 0 Å². The van der Waals surface area contributed by atoms with Crippen molar-refractivity contribution in [3.63, 3.8) is 0 Å². The Labute approximate surface area is 113 Å². The van der Waals surface area contributed by atoms with E-state index in [1.807, 2.05) is 0 Å². The van der Waals surface area contributed by atoms with Gasteiger partial charge in [0.1, 0.15) is 0 Å². The molecule has 0 saturated heterocycles. The number of carbonyl (C=O) groups excluding carboxylic acids is 1. The lowest BCUT2D eigenvalue weighted by Crippen LogP contribution is -2.39. The smallest absolute Gasteiger partial charge is 0.441 e. The predicted molar refractivity (Wildman–Crippen MR) is 65.9 cm³/mol. The summed E-state index contributed by atoms with van der Waals surface area (Å²) >= 11 is -0.196. The van der Waals surface area contributed by atoms with E-state index < -0.39 is 17.5 Å². The molecule has 9 heteroatoms. The molecule has 0 aliphatic heterocycles. The van der Waals surface area contributed by atoms with Crippen LogP contribution in [0, 0.1) is 5.92 Å². The number of amides is 2. The molecule has 2 amide bonds. The number of urea groups is 1. The lowest BCUT2D eigenvalue weighted by atomic mass is 10.1. The van der Waals surface area contributed by atoms with Gasteiger partial charge in [-0.2, -0.15) is 13.2 Å². The Hall–Kier alpha value is -1.12. The van der Waals surface area contributed by atoms with Crippen molar-refractivity contribution in [3.05, 3.63) is 0 Å². The zero-order chi connectivity index (χ0) is 14.9. The van der Waals surface area contributed by atoms with Crippen molar-refractivity contribution in [3.8, 4) is 0 Å². The summed E-state index contributed by atoms with van der Waals surface area (Å²) in [5, 5.41) is 13.2. The van der Waals surface area contributed by atoms with Crippen molar-refractivity contribution in [1.29, 1.82) is 0 Å². The molecule has 112 valence electrons. The summed E-state index contributed by atoms with van der Waals surface area (Å²) in [5.74, 6) is -1.15.